The second-order valence-electron chi connectivity index (χ2n) is 7.08. The number of amidine groups is 1. The second-order valence-corrected chi connectivity index (χ2v) is 8.08. The molecule has 0 aliphatic heterocycles. The van der Waals surface area contributed by atoms with Gasteiger partial charge in [-0.3, -0.25) is 0 Å². The Bertz CT molecular complexity index is 1170. The van der Waals surface area contributed by atoms with Crippen LogP contribution in [0.4, 0.5) is 0 Å². The van der Waals surface area contributed by atoms with E-state index in [1.54, 1.807) is 49.7 Å². The molecule has 0 bridgehead atoms. The van der Waals surface area contributed by atoms with E-state index in [4.69, 9.17) is 24.7 Å². The average Bonchev–Trinajstić information content (AvgIpc) is 2.90. The number of thioether (sulfide) groups is 1. The van der Waals surface area contributed by atoms with Crippen molar-refractivity contribution in [3.63, 3.8) is 0 Å². The first-order valence-electron chi connectivity index (χ1n) is 10.7. The van der Waals surface area contributed by atoms with Crippen molar-refractivity contribution in [2.75, 3.05) is 27.4 Å². The number of esters is 1. The Labute approximate surface area is 208 Å². The standard InChI is InChI=1S/C26H27N3O5S/c1-31-24-15-20(17-28-29-26(27)35-18-19-7-4-3-5-8-19)11-12-23(24)34-14-13-33-22-10-6-9-21(16-22)25(30)32-2/h3-12,15-17H,13-14,18H2,1-2H3,(H2,27,29). The zero-order valence-corrected chi connectivity index (χ0v) is 20.4. The van der Waals surface area contributed by atoms with Crippen molar-refractivity contribution in [1.82, 2.24) is 0 Å². The summed E-state index contributed by atoms with van der Waals surface area (Å²) >= 11 is 1.42. The fourth-order valence-corrected chi connectivity index (χ4v) is 3.55. The molecule has 0 aliphatic rings. The number of carbonyl (C=O) groups excluding carboxylic acids is 1. The number of nitrogens with zero attached hydrogens (tertiary/aromatic N) is 2. The lowest BCUT2D eigenvalue weighted by atomic mass is 10.2. The van der Waals surface area contributed by atoms with Gasteiger partial charge in [-0.1, -0.05) is 48.2 Å². The van der Waals surface area contributed by atoms with E-state index in [1.165, 1.54) is 24.4 Å². The molecule has 0 radical (unpaired) electrons. The minimum atomic E-state index is -0.417. The lowest BCUT2D eigenvalue weighted by Crippen LogP contribution is -2.10. The SMILES string of the molecule is COC(=O)c1cccc(OCCOc2ccc(C=NN=C(N)SCc3ccccc3)cc2OC)c1. The van der Waals surface area contributed by atoms with Crippen molar-refractivity contribution >= 4 is 29.1 Å². The Morgan fingerprint density at radius 3 is 2.51 bits per heavy atom. The molecule has 0 spiro atoms. The van der Waals surface area contributed by atoms with Crippen LogP contribution in [0.5, 0.6) is 17.2 Å². The van der Waals surface area contributed by atoms with Crippen LogP contribution < -0.4 is 19.9 Å². The summed E-state index contributed by atoms with van der Waals surface area (Å²) in [6, 6.07) is 22.2. The van der Waals surface area contributed by atoms with Crippen molar-refractivity contribution in [2.24, 2.45) is 15.9 Å². The summed E-state index contributed by atoms with van der Waals surface area (Å²) in [4.78, 5) is 11.6. The Morgan fingerprint density at radius 2 is 1.74 bits per heavy atom. The summed E-state index contributed by atoms with van der Waals surface area (Å²) in [7, 11) is 2.90. The van der Waals surface area contributed by atoms with E-state index in [0.29, 0.717) is 28.0 Å². The van der Waals surface area contributed by atoms with Gasteiger partial charge in [-0.05, 0) is 47.5 Å². The lowest BCUT2D eigenvalue weighted by Gasteiger charge is -2.12. The highest BCUT2D eigenvalue weighted by molar-refractivity contribution is 8.13. The van der Waals surface area contributed by atoms with Gasteiger partial charge in [-0.25, -0.2) is 4.79 Å². The van der Waals surface area contributed by atoms with Crippen LogP contribution in [-0.4, -0.2) is 44.8 Å². The summed E-state index contributed by atoms with van der Waals surface area (Å²) in [6.07, 6.45) is 1.60. The van der Waals surface area contributed by atoms with Crippen molar-refractivity contribution in [3.8, 4) is 17.2 Å². The first-order chi connectivity index (χ1) is 17.1. The molecule has 0 saturated heterocycles. The van der Waals surface area contributed by atoms with E-state index in [1.807, 2.05) is 36.4 Å². The summed E-state index contributed by atoms with van der Waals surface area (Å²) in [6.45, 7) is 0.567. The number of rotatable bonds is 11. The Kier molecular flexibility index (Phi) is 10.0. The summed E-state index contributed by atoms with van der Waals surface area (Å²) in [5.41, 5.74) is 8.30. The van der Waals surface area contributed by atoms with E-state index < -0.39 is 5.97 Å². The molecule has 0 amide bonds. The summed E-state index contributed by atoms with van der Waals surface area (Å²) in [5, 5.41) is 8.48. The Balaban J connectivity index is 1.49. The maximum absolute atomic E-state index is 11.6. The molecule has 2 N–H and O–H groups in total. The highest BCUT2D eigenvalue weighted by atomic mass is 32.2. The molecule has 3 aromatic rings. The van der Waals surface area contributed by atoms with E-state index in [2.05, 4.69) is 10.2 Å². The van der Waals surface area contributed by atoms with Crippen LogP contribution >= 0.6 is 11.8 Å². The molecule has 0 heterocycles. The van der Waals surface area contributed by atoms with Crippen LogP contribution in [0.1, 0.15) is 21.5 Å². The first kappa shape index (κ1) is 25.6. The molecular weight excluding hydrogens is 466 g/mol. The number of benzene rings is 3. The fraction of sp³-hybridized carbons (Fsp3) is 0.192. The highest BCUT2D eigenvalue weighted by Gasteiger charge is 2.08. The smallest absolute Gasteiger partial charge is 0.337 e. The number of hydrogen-bond acceptors (Lipinski definition) is 8. The first-order valence-corrected chi connectivity index (χ1v) is 11.7. The zero-order valence-electron chi connectivity index (χ0n) is 19.5. The van der Waals surface area contributed by atoms with Crippen molar-refractivity contribution in [2.45, 2.75) is 5.75 Å². The van der Waals surface area contributed by atoms with Crippen molar-refractivity contribution in [1.29, 1.82) is 0 Å². The van der Waals surface area contributed by atoms with E-state index >= 15 is 0 Å². The van der Waals surface area contributed by atoms with Gasteiger partial charge in [0.05, 0.1) is 26.0 Å². The second kappa shape index (κ2) is 13.7. The van der Waals surface area contributed by atoms with Gasteiger partial charge in [-0.2, -0.15) is 5.10 Å². The average molecular weight is 494 g/mol. The monoisotopic (exact) mass is 493 g/mol. The van der Waals surface area contributed by atoms with Gasteiger partial charge in [0.1, 0.15) is 19.0 Å². The minimum Gasteiger partial charge on any atom is -0.493 e. The maximum atomic E-state index is 11.6. The van der Waals surface area contributed by atoms with Gasteiger partial charge >= 0.3 is 5.97 Å². The highest BCUT2D eigenvalue weighted by Crippen LogP contribution is 2.27. The Morgan fingerprint density at radius 1 is 0.943 bits per heavy atom. The molecule has 35 heavy (non-hydrogen) atoms. The minimum absolute atomic E-state index is 0.283. The normalized spacial score (nSPS) is 11.3. The summed E-state index contributed by atoms with van der Waals surface area (Å²) < 4.78 is 21.6. The van der Waals surface area contributed by atoms with Gasteiger partial charge < -0.3 is 24.7 Å². The van der Waals surface area contributed by atoms with Gasteiger partial charge in [0.25, 0.3) is 0 Å². The molecule has 8 nitrogen and oxygen atoms in total. The Hall–Kier alpha value is -3.98. The largest absolute Gasteiger partial charge is 0.493 e. The molecule has 0 aromatic heterocycles. The van der Waals surface area contributed by atoms with Gasteiger partial charge in [-0.15, -0.1) is 5.10 Å². The van der Waals surface area contributed by atoms with E-state index in [0.717, 1.165) is 11.3 Å². The number of ether oxygens (including phenoxy) is 4. The molecule has 0 saturated carbocycles. The van der Waals surface area contributed by atoms with Gasteiger partial charge in [0, 0.05) is 5.75 Å². The molecular formula is C26H27N3O5S. The molecule has 0 atom stereocenters. The molecule has 3 rings (SSSR count). The van der Waals surface area contributed by atoms with Crippen LogP contribution in [0.2, 0.25) is 0 Å². The third-order valence-corrected chi connectivity index (χ3v) is 5.50. The molecule has 0 unspecified atom stereocenters. The van der Waals surface area contributed by atoms with Crippen LogP contribution in [0, 0.1) is 0 Å². The topological polar surface area (TPSA) is 105 Å². The lowest BCUT2D eigenvalue weighted by molar-refractivity contribution is 0.0600. The number of carbonyl (C=O) groups is 1. The molecule has 0 aliphatic carbocycles. The number of nitrogens with two attached hydrogens (primary N) is 1. The molecule has 3 aromatic carbocycles. The number of hydrogen-bond donors (Lipinski definition) is 1. The maximum Gasteiger partial charge on any atom is 0.337 e. The van der Waals surface area contributed by atoms with Crippen molar-refractivity contribution in [3.05, 3.63) is 89.5 Å². The molecule has 9 heteroatoms. The van der Waals surface area contributed by atoms with Gasteiger partial charge in [0.15, 0.2) is 16.7 Å². The summed E-state index contributed by atoms with van der Waals surface area (Å²) in [5.74, 6) is 1.98. The molecule has 0 fully saturated rings. The van der Waals surface area contributed by atoms with Gasteiger partial charge in [0.2, 0.25) is 0 Å². The fourth-order valence-electron chi connectivity index (χ4n) is 2.94. The predicted octanol–water partition coefficient (Wildman–Crippen LogP) is 4.52. The molecule has 182 valence electrons. The van der Waals surface area contributed by atoms with Crippen LogP contribution in [0.15, 0.2) is 83.0 Å². The van der Waals surface area contributed by atoms with E-state index in [-0.39, 0.29) is 13.2 Å². The van der Waals surface area contributed by atoms with Crippen LogP contribution in [0.3, 0.4) is 0 Å². The predicted molar refractivity (Wildman–Crippen MR) is 139 cm³/mol. The number of methoxy groups -OCH3 is 2. The van der Waals surface area contributed by atoms with E-state index in [9.17, 15) is 4.79 Å². The zero-order chi connectivity index (χ0) is 24.9. The third-order valence-electron chi connectivity index (χ3n) is 4.65. The van der Waals surface area contributed by atoms with Crippen LogP contribution in [-0.2, 0) is 10.5 Å². The quantitative estimate of drug-likeness (QED) is 0.138. The van der Waals surface area contributed by atoms with Crippen LogP contribution in [0.25, 0.3) is 0 Å². The third kappa shape index (κ3) is 8.38. The van der Waals surface area contributed by atoms with Crippen molar-refractivity contribution < 1.29 is 23.7 Å².